The topological polar surface area (TPSA) is 0 Å². The van der Waals surface area contributed by atoms with Crippen LogP contribution in [0.1, 0.15) is 60.3 Å². The maximum atomic E-state index is 2.38. The molecule has 0 aliphatic heterocycles. The van der Waals surface area contributed by atoms with Gasteiger partial charge in [-0.1, -0.05) is 53.9 Å². The van der Waals surface area contributed by atoms with Crippen LogP contribution in [0.3, 0.4) is 0 Å². The van der Waals surface area contributed by atoms with Gasteiger partial charge in [0.05, 0.1) is 0 Å². The van der Waals surface area contributed by atoms with Crippen molar-refractivity contribution in [1.29, 1.82) is 0 Å². The van der Waals surface area contributed by atoms with E-state index in [0.717, 1.165) is 5.92 Å². The summed E-state index contributed by atoms with van der Waals surface area (Å²) in [6.07, 6.45) is 5.52. The van der Waals surface area contributed by atoms with Crippen LogP contribution in [0, 0.1) is 11.3 Å². The van der Waals surface area contributed by atoms with Crippen LogP contribution in [0.4, 0.5) is 0 Å². The average Bonchev–Trinajstić information content (AvgIpc) is 1.79. The summed E-state index contributed by atoms with van der Waals surface area (Å²) in [5, 5.41) is 0. The molecule has 0 heterocycles. The Morgan fingerprint density at radius 2 is 1.73 bits per heavy atom. The third-order valence-corrected chi connectivity index (χ3v) is 2.01. The van der Waals surface area contributed by atoms with Gasteiger partial charge in [0.25, 0.3) is 0 Å². The number of hydrogen-bond donors (Lipinski definition) is 0. The first-order valence-electron chi connectivity index (χ1n) is 4.95. The smallest absolute Gasteiger partial charge is 0.0380 e. The van der Waals surface area contributed by atoms with Gasteiger partial charge in [0.15, 0.2) is 0 Å². The largest absolute Gasteiger partial charge is 0.0654 e. The summed E-state index contributed by atoms with van der Waals surface area (Å²) in [7, 11) is 0. The number of hydrogen-bond acceptors (Lipinski definition) is 0. The van der Waals surface area contributed by atoms with Gasteiger partial charge in [-0.15, -0.1) is 0 Å². The molecule has 68 valence electrons. The summed E-state index contributed by atoms with van der Waals surface area (Å²) < 4.78 is 0. The van der Waals surface area contributed by atoms with Crippen molar-refractivity contribution < 1.29 is 0 Å². The summed E-state index contributed by atoms with van der Waals surface area (Å²) in [6, 6.07) is 0. The van der Waals surface area contributed by atoms with Crippen molar-refractivity contribution in [2.45, 2.75) is 60.3 Å². The summed E-state index contributed by atoms with van der Waals surface area (Å²) >= 11 is 0. The zero-order chi connectivity index (χ0) is 8.91. The zero-order valence-corrected chi connectivity index (χ0v) is 8.91. The van der Waals surface area contributed by atoms with E-state index in [0.29, 0.717) is 5.41 Å². The van der Waals surface area contributed by atoms with Gasteiger partial charge in [-0.05, 0) is 17.8 Å². The molecule has 0 radical (unpaired) electrons. The van der Waals surface area contributed by atoms with E-state index in [1.807, 2.05) is 0 Å². The third-order valence-electron chi connectivity index (χ3n) is 2.01. The lowest BCUT2D eigenvalue weighted by Gasteiger charge is -2.22. The minimum atomic E-state index is 0.521. The summed E-state index contributed by atoms with van der Waals surface area (Å²) in [5.74, 6) is 0.912. The van der Waals surface area contributed by atoms with Crippen molar-refractivity contribution in [3.63, 3.8) is 0 Å². The van der Waals surface area contributed by atoms with Crippen LogP contribution in [0.2, 0.25) is 0 Å². The number of rotatable bonds is 4. The Bertz CT molecular complexity index is 86.7. The highest BCUT2D eigenvalue weighted by Gasteiger charge is 2.14. The van der Waals surface area contributed by atoms with E-state index < -0.39 is 0 Å². The van der Waals surface area contributed by atoms with Gasteiger partial charge in [-0.3, -0.25) is 0 Å². The summed E-state index contributed by atoms with van der Waals surface area (Å²) in [5.41, 5.74) is 0.521. The van der Waals surface area contributed by atoms with Gasteiger partial charge in [0.1, 0.15) is 0 Å². The van der Waals surface area contributed by atoms with Crippen molar-refractivity contribution in [2.75, 3.05) is 0 Å². The molecule has 0 fully saturated rings. The second-order valence-electron chi connectivity index (χ2n) is 5.01. The molecule has 1 unspecified atom stereocenters. The minimum Gasteiger partial charge on any atom is -0.0654 e. The van der Waals surface area contributed by atoms with Crippen LogP contribution in [0.5, 0.6) is 0 Å². The van der Waals surface area contributed by atoms with Crippen molar-refractivity contribution in [3.05, 3.63) is 0 Å². The highest BCUT2D eigenvalue weighted by molar-refractivity contribution is 4.65. The van der Waals surface area contributed by atoms with Crippen LogP contribution in [-0.2, 0) is 0 Å². The molecule has 1 atom stereocenters. The predicted molar refractivity (Wildman–Crippen MR) is 52.8 cm³/mol. The maximum absolute atomic E-state index is 2.38. The van der Waals surface area contributed by atoms with Gasteiger partial charge in [-0.2, -0.15) is 0 Å². The molecule has 0 spiro atoms. The van der Waals surface area contributed by atoms with E-state index in [9.17, 15) is 0 Å². The van der Waals surface area contributed by atoms with E-state index in [-0.39, 0.29) is 0 Å². The molecule has 0 rings (SSSR count). The first-order chi connectivity index (χ1) is 4.95. The molecule has 11 heavy (non-hydrogen) atoms. The number of unbranched alkanes of at least 4 members (excludes halogenated alkanes) is 1. The second-order valence-corrected chi connectivity index (χ2v) is 5.01. The van der Waals surface area contributed by atoms with E-state index in [2.05, 4.69) is 34.6 Å². The maximum Gasteiger partial charge on any atom is -0.0380 e. The van der Waals surface area contributed by atoms with E-state index >= 15 is 0 Å². The van der Waals surface area contributed by atoms with Gasteiger partial charge < -0.3 is 0 Å². The molecule has 0 bridgehead atoms. The Hall–Kier alpha value is 0. The van der Waals surface area contributed by atoms with Crippen molar-refractivity contribution in [1.82, 2.24) is 0 Å². The quantitative estimate of drug-likeness (QED) is 0.571. The molecule has 0 aromatic rings. The molecular formula is C11H24. The predicted octanol–water partition coefficient (Wildman–Crippen LogP) is 4.25. The fraction of sp³-hybridized carbons (Fsp3) is 1.00. The fourth-order valence-electron chi connectivity index (χ4n) is 1.70. The van der Waals surface area contributed by atoms with Crippen molar-refractivity contribution >= 4 is 0 Å². The molecule has 0 N–H and O–H groups in total. The molecule has 0 aliphatic carbocycles. The van der Waals surface area contributed by atoms with Gasteiger partial charge in [-0.25, -0.2) is 0 Å². The lowest BCUT2D eigenvalue weighted by atomic mass is 9.83. The summed E-state index contributed by atoms with van der Waals surface area (Å²) in [6.45, 7) is 11.6. The van der Waals surface area contributed by atoms with Gasteiger partial charge in [0, 0.05) is 0 Å². The monoisotopic (exact) mass is 156 g/mol. The fourth-order valence-corrected chi connectivity index (χ4v) is 1.70. The Morgan fingerprint density at radius 3 is 2.09 bits per heavy atom. The Morgan fingerprint density at radius 1 is 1.18 bits per heavy atom. The van der Waals surface area contributed by atoms with Gasteiger partial charge >= 0.3 is 0 Å². The molecular weight excluding hydrogens is 132 g/mol. The first kappa shape index (κ1) is 11.0. The van der Waals surface area contributed by atoms with Crippen molar-refractivity contribution in [3.8, 4) is 0 Å². The zero-order valence-electron chi connectivity index (χ0n) is 8.91. The average molecular weight is 156 g/mol. The second kappa shape index (κ2) is 4.79. The molecule has 0 amide bonds. The molecule has 0 aliphatic rings. The van der Waals surface area contributed by atoms with Crippen molar-refractivity contribution in [2.24, 2.45) is 11.3 Å². The van der Waals surface area contributed by atoms with Crippen LogP contribution in [-0.4, -0.2) is 0 Å². The minimum absolute atomic E-state index is 0.521. The van der Waals surface area contributed by atoms with Crippen LogP contribution in [0.25, 0.3) is 0 Å². The molecule has 0 saturated carbocycles. The Kier molecular flexibility index (Phi) is 4.79. The lowest BCUT2D eigenvalue weighted by molar-refractivity contribution is 0.293. The molecule has 0 aromatic carbocycles. The molecule has 0 nitrogen and oxygen atoms in total. The molecule has 0 heteroatoms. The highest BCUT2D eigenvalue weighted by Crippen LogP contribution is 2.26. The third kappa shape index (κ3) is 7.90. The highest BCUT2D eigenvalue weighted by atomic mass is 14.2. The Labute approximate surface area is 72.4 Å². The van der Waals surface area contributed by atoms with E-state index in [1.165, 1.54) is 25.7 Å². The SMILES string of the molecule is CCCCC(C)CC(C)(C)C. The molecule has 0 saturated heterocycles. The van der Waals surface area contributed by atoms with Crippen LogP contribution in [0.15, 0.2) is 0 Å². The van der Waals surface area contributed by atoms with Gasteiger partial charge in [0.2, 0.25) is 0 Å². The Balaban J connectivity index is 3.44. The van der Waals surface area contributed by atoms with E-state index in [4.69, 9.17) is 0 Å². The molecule has 0 aromatic heterocycles. The standard InChI is InChI=1S/C11H24/c1-6-7-8-10(2)9-11(3,4)5/h10H,6-9H2,1-5H3. The van der Waals surface area contributed by atoms with E-state index in [1.54, 1.807) is 0 Å². The lowest BCUT2D eigenvalue weighted by Crippen LogP contribution is -2.10. The van der Waals surface area contributed by atoms with Crippen LogP contribution < -0.4 is 0 Å². The summed E-state index contributed by atoms with van der Waals surface area (Å²) in [4.78, 5) is 0. The normalized spacial score (nSPS) is 15.0. The first-order valence-corrected chi connectivity index (χ1v) is 4.95. The van der Waals surface area contributed by atoms with Crippen LogP contribution >= 0.6 is 0 Å².